The zero-order chi connectivity index (χ0) is 15.8. The summed E-state index contributed by atoms with van der Waals surface area (Å²) in [5.74, 6) is 1.98. The summed E-state index contributed by atoms with van der Waals surface area (Å²) in [5.41, 5.74) is 1.18. The quantitative estimate of drug-likeness (QED) is 0.752. The first kappa shape index (κ1) is 17.4. The van der Waals surface area contributed by atoms with Crippen LogP contribution in [-0.2, 0) is 4.79 Å². The highest BCUT2D eigenvalue weighted by molar-refractivity contribution is 7.99. The third kappa shape index (κ3) is 5.65. The van der Waals surface area contributed by atoms with Crippen molar-refractivity contribution < 1.29 is 4.79 Å². The van der Waals surface area contributed by atoms with E-state index < -0.39 is 0 Å². The van der Waals surface area contributed by atoms with E-state index in [1.807, 2.05) is 11.8 Å². The zero-order valence-corrected chi connectivity index (χ0v) is 14.5. The van der Waals surface area contributed by atoms with Crippen molar-refractivity contribution in [1.29, 1.82) is 0 Å². The van der Waals surface area contributed by atoms with Crippen LogP contribution in [0.3, 0.4) is 0 Å². The van der Waals surface area contributed by atoms with E-state index in [9.17, 15) is 4.79 Å². The first-order valence-electron chi connectivity index (χ1n) is 8.42. The fourth-order valence-electron chi connectivity index (χ4n) is 2.92. The normalized spacial score (nSPS) is 17.2. The third-order valence-electron chi connectivity index (χ3n) is 4.31. The lowest BCUT2D eigenvalue weighted by Crippen LogP contribution is -2.30. The highest BCUT2D eigenvalue weighted by Crippen LogP contribution is 2.21. The number of nitrogens with one attached hydrogen (secondary N) is 2. The Morgan fingerprint density at radius 2 is 2.00 bits per heavy atom. The monoisotopic (exact) mass is 320 g/mol. The fraction of sp³-hybridized carbons (Fsp3) is 0.611. The van der Waals surface area contributed by atoms with Crippen molar-refractivity contribution in [1.82, 2.24) is 10.6 Å². The number of amides is 1. The average molecular weight is 321 g/mol. The molecule has 1 fully saturated rings. The van der Waals surface area contributed by atoms with Gasteiger partial charge in [-0.1, -0.05) is 19.1 Å². The Bertz CT molecular complexity index is 455. The van der Waals surface area contributed by atoms with Crippen LogP contribution in [0.4, 0.5) is 0 Å². The van der Waals surface area contributed by atoms with E-state index in [4.69, 9.17) is 0 Å². The van der Waals surface area contributed by atoms with Crippen LogP contribution in [0.1, 0.15) is 51.1 Å². The van der Waals surface area contributed by atoms with Crippen LogP contribution in [-0.4, -0.2) is 24.7 Å². The first-order chi connectivity index (χ1) is 10.7. The van der Waals surface area contributed by atoms with E-state index in [-0.39, 0.29) is 11.9 Å². The van der Waals surface area contributed by atoms with Gasteiger partial charge in [0.2, 0.25) is 5.91 Å². The Hall–Kier alpha value is -1.00. The van der Waals surface area contributed by atoms with Gasteiger partial charge >= 0.3 is 0 Å². The minimum Gasteiger partial charge on any atom is -0.350 e. The van der Waals surface area contributed by atoms with E-state index in [2.05, 4.69) is 48.7 Å². The minimum absolute atomic E-state index is 0.0844. The summed E-state index contributed by atoms with van der Waals surface area (Å²) in [6.45, 7) is 6.42. The summed E-state index contributed by atoms with van der Waals surface area (Å²) in [7, 11) is 0. The van der Waals surface area contributed by atoms with Gasteiger partial charge in [0.25, 0.3) is 0 Å². The smallest absolute Gasteiger partial charge is 0.220 e. The molecule has 1 aromatic carbocycles. The molecular formula is C18H28N2OS. The second-order valence-corrected chi connectivity index (χ2v) is 7.36. The second-order valence-electron chi connectivity index (χ2n) is 6.02. The molecule has 0 aliphatic carbocycles. The molecule has 2 N–H and O–H groups in total. The number of thioether (sulfide) groups is 1. The van der Waals surface area contributed by atoms with Crippen molar-refractivity contribution in [2.24, 2.45) is 5.92 Å². The van der Waals surface area contributed by atoms with Crippen LogP contribution < -0.4 is 10.6 Å². The summed E-state index contributed by atoms with van der Waals surface area (Å²) in [6, 6.07) is 8.61. The van der Waals surface area contributed by atoms with Crippen LogP contribution in [0.25, 0.3) is 0 Å². The molecule has 3 nitrogen and oxygen atoms in total. The molecule has 0 saturated carbocycles. The fourth-order valence-corrected chi connectivity index (χ4v) is 3.58. The lowest BCUT2D eigenvalue weighted by atomic mass is 9.93. The Morgan fingerprint density at radius 3 is 2.64 bits per heavy atom. The molecule has 1 aromatic rings. The van der Waals surface area contributed by atoms with Crippen LogP contribution in [0.5, 0.6) is 0 Å². The molecule has 1 aliphatic heterocycles. The van der Waals surface area contributed by atoms with Crippen LogP contribution >= 0.6 is 11.8 Å². The number of hydrogen-bond acceptors (Lipinski definition) is 3. The van der Waals surface area contributed by atoms with E-state index in [0.717, 1.165) is 25.3 Å². The maximum absolute atomic E-state index is 12.1. The summed E-state index contributed by atoms with van der Waals surface area (Å²) in [4.78, 5) is 13.4. The first-order valence-corrected chi connectivity index (χ1v) is 9.40. The lowest BCUT2D eigenvalue weighted by Gasteiger charge is -2.22. The molecule has 0 spiro atoms. The van der Waals surface area contributed by atoms with E-state index in [0.29, 0.717) is 12.3 Å². The van der Waals surface area contributed by atoms with Gasteiger partial charge < -0.3 is 10.6 Å². The molecule has 0 bridgehead atoms. The number of hydrogen-bond donors (Lipinski definition) is 2. The van der Waals surface area contributed by atoms with Gasteiger partial charge in [0.1, 0.15) is 0 Å². The van der Waals surface area contributed by atoms with Crippen molar-refractivity contribution in [2.75, 3.05) is 18.8 Å². The summed E-state index contributed by atoms with van der Waals surface area (Å²) < 4.78 is 0. The summed E-state index contributed by atoms with van der Waals surface area (Å²) >= 11 is 1.84. The van der Waals surface area contributed by atoms with Crippen LogP contribution in [0.2, 0.25) is 0 Å². The topological polar surface area (TPSA) is 41.1 Å². The third-order valence-corrected chi connectivity index (χ3v) is 5.20. The molecule has 22 heavy (non-hydrogen) atoms. The van der Waals surface area contributed by atoms with Gasteiger partial charge in [0.15, 0.2) is 0 Å². The van der Waals surface area contributed by atoms with Gasteiger partial charge in [-0.15, -0.1) is 11.8 Å². The Labute approximate surface area is 138 Å². The Balaban J connectivity index is 1.75. The molecule has 4 heteroatoms. The predicted octanol–water partition coefficient (Wildman–Crippen LogP) is 3.76. The minimum atomic E-state index is 0.0844. The molecule has 2 rings (SSSR count). The maximum Gasteiger partial charge on any atom is 0.220 e. The molecule has 0 radical (unpaired) electrons. The van der Waals surface area contributed by atoms with Crippen molar-refractivity contribution in [3.05, 3.63) is 29.8 Å². The second kappa shape index (κ2) is 9.21. The molecule has 1 saturated heterocycles. The van der Waals surface area contributed by atoms with Crippen molar-refractivity contribution in [3.8, 4) is 0 Å². The Kier molecular flexibility index (Phi) is 7.26. The average Bonchev–Trinajstić information content (AvgIpc) is 2.55. The zero-order valence-electron chi connectivity index (χ0n) is 13.7. The molecule has 0 aromatic heterocycles. The standard InChI is InChI=1S/C18H28N2OS/c1-3-22-17-7-5-16(6-8-17)14(2)20-18(21)9-4-15-10-12-19-13-11-15/h5-8,14-15,19H,3-4,9-13H2,1-2H3,(H,20,21). The molecule has 1 atom stereocenters. The SMILES string of the molecule is CCSc1ccc(C(C)NC(=O)CCC2CCNCC2)cc1. The van der Waals surface area contributed by atoms with Gasteiger partial charge in [0, 0.05) is 11.3 Å². The molecule has 122 valence electrons. The van der Waals surface area contributed by atoms with Crippen LogP contribution in [0, 0.1) is 5.92 Å². The molecular weight excluding hydrogens is 292 g/mol. The number of benzene rings is 1. The molecule has 1 amide bonds. The van der Waals surface area contributed by atoms with Crippen LogP contribution in [0.15, 0.2) is 29.2 Å². The Morgan fingerprint density at radius 1 is 1.32 bits per heavy atom. The van der Waals surface area contributed by atoms with E-state index in [1.165, 1.54) is 23.3 Å². The number of carbonyl (C=O) groups is 1. The summed E-state index contributed by atoms with van der Waals surface area (Å²) in [5, 5.41) is 6.49. The van der Waals surface area contributed by atoms with E-state index in [1.54, 1.807) is 0 Å². The van der Waals surface area contributed by atoms with Gasteiger partial charge in [0.05, 0.1) is 6.04 Å². The van der Waals surface area contributed by atoms with Gasteiger partial charge in [-0.05, 0) is 68.6 Å². The van der Waals surface area contributed by atoms with E-state index >= 15 is 0 Å². The van der Waals surface area contributed by atoms with Crippen molar-refractivity contribution in [3.63, 3.8) is 0 Å². The predicted molar refractivity (Wildman–Crippen MR) is 94.2 cm³/mol. The largest absolute Gasteiger partial charge is 0.350 e. The number of rotatable bonds is 7. The van der Waals surface area contributed by atoms with Gasteiger partial charge in [-0.3, -0.25) is 4.79 Å². The molecule has 1 heterocycles. The van der Waals surface area contributed by atoms with Crippen molar-refractivity contribution >= 4 is 17.7 Å². The highest BCUT2D eigenvalue weighted by atomic mass is 32.2. The maximum atomic E-state index is 12.1. The highest BCUT2D eigenvalue weighted by Gasteiger charge is 2.15. The van der Waals surface area contributed by atoms with Gasteiger partial charge in [-0.25, -0.2) is 0 Å². The van der Waals surface area contributed by atoms with Gasteiger partial charge in [-0.2, -0.15) is 0 Å². The van der Waals surface area contributed by atoms with Crippen molar-refractivity contribution in [2.45, 2.75) is 50.5 Å². The molecule has 1 unspecified atom stereocenters. The molecule has 1 aliphatic rings. The number of piperidine rings is 1. The summed E-state index contributed by atoms with van der Waals surface area (Å²) in [6.07, 6.45) is 4.09. The lowest BCUT2D eigenvalue weighted by molar-refractivity contribution is -0.122. The number of carbonyl (C=O) groups excluding carboxylic acids is 1.